The molecule has 1 aromatic carbocycles. The SMILES string of the molecule is CCC(=O)c1cc2cc(O[C@@H](C)CNC(C)C)ccc2o1. The predicted molar refractivity (Wildman–Crippen MR) is 84.1 cm³/mol. The number of ether oxygens (including phenoxy) is 1. The van der Waals surface area contributed by atoms with E-state index in [4.69, 9.17) is 9.15 Å². The summed E-state index contributed by atoms with van der Waals surface area (Å²) in [4.78, 5) is 11.7. The first-order valence-corrected chi connectivity index (χ1v) is 7.46. The van der Waals surface area contributed by atoms with Crippen molar-refractivity contribution >= 4 is 16.8 Å². The summed E-state index contributed by atoms with van der Waals surface area (Å²) in [6.07, 6.45) is 0.523. The lowest BCUT2D eigenvalue weighted by molar-refractivity contribution is 0.0963. The van der Waals surface area contributed by atoms with E-state index in [-0.39, 0.29) is 11.9 Å². The predicted octanol–water partition coefficient (Wildman–Crippen LogP) is 3.79. The van der Waals surface area contributed by atoms with Gasteiger partial charge in [0, 0.05) is 24.4 Å². The van der Waals surface area contributed by atoms with Crippen LogP contribution in [0.1, 0.15) is 44.7 Å². The Morgan fingerprint density at radius 2 is 2.05 bits per heavy atom. The second-order valence-corrected chi connectivity index (χ2v) is 5.58. The lowest BCUT2D eigenvalue weighted by Gasteiger charge is -2.17. The van der Waals surface area contributed by atoms with Crippen molar-refractivity contribution in [3.05, 3.63) is 30.0 Å². The van der Waals surface area contributed by atoms with Crippen LogP contribution in [0.2, 0.25) is 0 Å². The molecule has 1 heterocycles. The van der Waals surface area contributed by atoms with Gasteiger partial charge >= 0.3 is 0 Å². The molecule has 1 aromatic heterocycles. The van der Waals surface area contributed by atoms with Crippen molar-refractivity contribution in [2.75, 3.05) is 6.54 Å². The zero-order valence-corrected chi connectivity index (χ0v) is 13.1. The number of carbonyl (C=O) groups is 1. The minimum Gasteiger partial charge on any atom is -0.489 e. The van der Waals surface area contributed by atoms with Crippen molar-refractivity contribution in [2.24, 2.45) is 0 Å². The quantitative estimate of drug-likeness (QED) is 0.788. The minimum atomic E-state index is 0.0168. The maximum absolute atomic E-state index is 11.7. The van der Waals surface area contributed by atoms with Crippen molar-refractivity contribution in [1.29, 1.82) is 0 Å². The van der Waals surface area contributed by atoms with Gasteiger partial charge in [0.2, 0.25) is 0 Å². The largest absolute Gasteiger partial charge is 0.489 e. The maximum Gasteiger partial charge on any atom is 0.197 e. The van der Waals surface area contributed by atoms with Crippen LogP contribution in [0, 0.1) is 0 Å². The van der Waals surface area contributed by atoms with Crippen LogP contribution in [0.5, 0.6) is 5.75 Å². The fraction of sp³-hybridized carbons (Fsp3) is 0.471. The molecule has 0 aliphatic heterocycles. The van der Waals surface area contributed by atoms with Crippen molar-refractivity contribution < 1.29 is 13.9 Å². The van der Waals surface area contributed by atoms with Crippen molar-refractivity contribution in [3.8, 4) is 5.75 Å². The molecule has 0 saturated carbocycles. The van der Waals surface area contributed by atoms with Gasteiger partial charge in [0.25, 0.3) is 0 Å². The molecule has 21 heavy (non-hydrogen) atoms. The Bertz CT molecular complexity index is 616. The highest BCUT2D eigenvalue weighted by Gasteiger charge is 2.12. The summed E-state index contributed by atoms with van der Waals surface area (Å²) in [7, 11) is 0. The van der Waals surface area contributed by atoms with Crippen LogP contribution in [-0.4, -0.2) is 24.5 Å². The number of benzene rings is 1. The Kier molecular flexibility index (Phi) is 5.02. The molecule has 0 saturated heterocycles. The fourth-order valence-corrected chi connectivity index (χ4v) is 2.08. The number of Topliss-reactive ketones (excluding diaryl/α,β-unsaturated/α-hetero) is 1. The normalized spacial score (nSPS) is 12.8. The molecule has 2 aromatic rings. The van der Waals surface area contributed by atoms with Gasteiger partial charge in [-0.2, -0.15) is 0 Å². The molecular formula is C17H23NO3. The molecule has 0 fully saturated rings. The van der Waals surface area contributed by atoms with Gasteiger partial charge in [0.15, 0.2) is 11.5 Å². The summed E-state index contributed by atoms with van der Waals surface area (Å²) in [5, 5.41) is 4.24. The van der Waals surface area contributed by atoms with Crippen LogP contribution in [-0.2, 0) is 0 Å². The summed E-state index contributed by atoms with van der Waals surface area (Å²) < 4.78 is 11.4. The van der Waals surface area contributed by atoms with Gasteiger partial charge in [-0.05, 0) is 31.2 Å². The second-order valence-electron chi connectivity index (χ2n) is 5.58. The monoisotopic (exact) mass is 289 g/mol. The summed E-state index contributed by atoms with van der Waals surface area (Å²) in [5.74, 6) is 1.22. The topological polar surface area (TPSA) is 51.5 Å². The van der Waals surface area contributed by atoms with E-state index < -0.39 is 0 Å². The van der Waals surface area contributed by atoms with E-state index in [9.17, 15) is 4.79 Å². The molecule has 4 nitrogen and oxygen atoms in total. The van der Waals surface area contributed by atoms with E-state index in [1.165, 1.54) is 0 Å². The average molecular weight is 289 g/mol. The summed E-state index contributed by atoms with van der Waals surface area (Å²) >= 11 is 0. The van der Waals surface area contributed by atoms with Gasteiger partial charge in [0.05, 0.1) is 0 Å². The Balaban J connectivity index is 2.09. The molecule has 1 N–H and O–H groups in total. The zero-order chi connectivity index (χ0) is 15.4. The lowest BCUT2D eigenvalue weighted by Crippen LogP contribution is -2.33. The molecular weight excluding hydrogens is 266 g/mol. The first kappa shape index (κ1) is 15.6. The van der Waals surface area contributed by atoms with Crippen LogP contribution in [0.3, 0.4) is 0 Å². The van der Waals surface area contributed by atoms with Crippen LogP contribution < -0.4 is 10.1 Å². The molecule has 0 spiro atoms. The number of furan rings is 1. The van der Waals surface area contributed by atoms with Crippen LogP contribution in [0.4, 0.5) is 0 Å². The molecule has 0 amide bonds. The second kappa shape index (κ2) is 6.76. The van der Waals surface area contributed by atoms with Gasteiger partial charge < -0.3 is 14.5 Å². The molecule has 0 radical (unpaired) electrons. The zero-order valence-electron chi connectivity index (χ0n) is 13.1. The van der Waals surface area contributed by atoms with E-state index in [2.05, 4.69) is 19.2 Å². The van der Waals surface area contributed by atoms with E-state index in [0.29, 0.717) is 23.8 Å². The highest BCUT2D eigenvalue weighted by Crippen LogP contribution is 2.25. The number of hydrogen-bond acceptors (Lipinski definition) is 4. The maximum atomic E-state index is 11.7. The number of hydrogen-bond donors (Lipinski definition) is 1. The molecule has 4 heteroatoms. The summed E-state index contributed by atoms with van der Waals surface area (Å²) in [5.41, 5.74) is 0.715. The Morgan fingerprint density at radius 3 is 2.71 bits per heavy atom. The first-order chi connectivity index (χ1) is 9.99. The van der Waals surface area contributed by atoms with E-state index in [1.807, 2.05) is 32.0 Å². The van der Waals surface area contributed by atoms with Gasteiger partial charge in [-0.25, -0.2) is 0 Å². The van der Waals surface area contributed by atoms with Gasteiger partial charge in [-0.1, -0.05) is 20.8 Å². The lowest BCUT2D eigenvalue weighted by atomic mass is 10.2. The van der Waals surface area contributed by atoms with E-state index in [1.54, 1.807) is 6.07 Å². The molecule has 0 unspecified atom stereocenters. The van der Waals surface area contributed by atoms with Gasteiger partial charge in [-0.15, -0.1) is 0 Å². The van der Waals surface area contributed by atoms with E-state index >= 15 is 0 Å². The third-order valence-electron chi connectivity index (χ3n) is 3.23. The van der Waals surface area contributed by atoms with Crippen molar-refractivity contribution in [2.45, 2.75) is 46.3 Å². The average Bonchev–Trinajstić information content (AvgIpc) is 2.87. The Labute approximate surface area is 125 Å². The molecule has 2 rings (SSSR count). The van der Waals surface area contributed by atoms with Crippen LogP contribution in [0.15, 0.2) is 28.7 Å². The number of nitrogens with one attached hydrogen (secondary N) is 1. The molecule has 1 atom stereocenters. The van der Waals surface area contributed by atoms with Crippen molar-refractivity contribution in [1.82, 2.24) is 5.32 Å². The molecule has 0 bridgehead atoms. The molecule has 114 valence electrons. The highest BCUT2D eigenvalue weighted by molar-refractivity contribution is 5.97. The van der Waals surface area contributed by atoms with Crippen LogP contribution >= 0.6 is 0 Å². The van der Waals surface area contributed by atoms with Gasteiger partial charge in [0.1, 0.15) is 17.4 Å². The third kappa shape index (κ3) is 4.08. The molecule has 0 aliphatic carbocycles. The van der Waals surface area contributed by atoms with Gasteiger partial charge in [-0.3, -0.25) is 4.79 Å². The molecule has 0 aliphatic rings. The highest BCUT2D eigenvalue weighted by atomic mass is 16.5. The van der Waals surface area contributed by atoms with Crippen LogP contribution in [0.25, 0.3) is 11.0 Å². The minimum absolute atomic E-state index is 0.0168. The number of fused-ring (bicyclic) bond motifs is 1. The standard InChI is InChI=1S/C17H23NO3/c1-5-15(19)17-9-13-8-14(6-7-16(13)21-17)20-12(4)10-18-11(2)3/h6-9,11-12,18H,5,10H2,1-4H3/t12-/m0/s1. The first-order valence-electron chi connectivity index (χ1n) is 7.46. The van der Waals surface area contributed by atoms with E-state index in [0.717, 1.165) is 17.7 Å². The summed E-state index contributed by atoms with van der Waals surface area (Å²) in [6.45, 7) is 8.86. The fourth-order valence-electron chi connectivity index (χ4n) is 2.08. The third-order valence-corrected chi connectivity index (χ3v) is 3.23. The van der Waals surface area contributed by atoms with Crippen molar-refractivity contribution in [3.63, 3.8) is 0 Å². The Morgan fingerprint density at radius 1 is 1.29 bits per heavy atom. The number of ketones is 1. The Hall–Kier alpha value is -1.81. The number of carbonyl (C=O) groups excluding carboxylic acids is 1. The summed E-state index contributed by atoms with van der Waals surface area (Å²) in [6, 6.07) is 7.86. The smallest absolute Gasteiger partial charge is 0.197 e. The number of rotatable bonds is 7.